The van der Waals surface area contributed by atoms with E-state index in [1.807, 2.05) is 50.2 Å². The number of nitrogens with one attached hydrogen (secondary N) is 1. The van der Waals surface area contributed by atoms with Crippen LogP contribution in [0.2, 0.25) is 0 Å². The van der Waals surface area contributed by atoms with Crippen molar-refractivity contribution in [3.8, 4) is 11.8 Å². The van der Waals surface area contributed by atoms with Gasteiger partial charge in [-0.3, -0.25) is 9.69 Å². The van der Waals surface area contributed by atoms with Gasteiger partial charge in [0.2, 0.25) is 0 Å². The molecule has 222 valence electrons. The Morgan fingerprint density at radius 3 is 2.37 bits per heavy atom. The summed E-state index contributed by atoms with van der Waals surface area (Å²) < 4.78 is 42.4. The minimum absolute atomic E-state index is 0.176. The van der Waals surface area contributed by atoms with E-state index in [1.165, 1.54) is 18.0 Å². The number of pyridine rings is 1. The summed E-state index contributed by atoms with van der Waals surface area (Å²) in [7, 11) is 5.31. The summed E-state index contributed by atoms with van der Waals surface area (Å²) in [5.41, 5.74) is 2.28. The van der Waals surface area contributed by atoms with Crippen LogP contribution in [0, 0.1) is 18.8 Å². The largest absolute Gasteiger partial charge is 0.416 e. The van der Waals surface area contributed by atoms with Crippen LogP contribution in [-0.2, 0) is 12.7 Å². The minimum Gasteiger partial charge on any atom is -0.373 e. The summed E-state index contributed by atoms with van der Waals surface area (Å²) in [4.78, 5) is 23.4. The van der Waals surface area contributed by atoms with Crippen LogP contribution < -0.4 is 10.2 Å². The fourth-order valence-corrected chi connectivity index (χ4v) is 5.25. The van der Waals surface area contributed by atoms with Gasteiger partial charge in [-0.05, 0) is 49.4 Å². The zero-order valence-corrected chi connectivity index (χ0v) is 24.7. The summed E-state index contributed by atoms with van der Waals surface area (Å²) in [5.74, 6) is 6.70. The molecule has 5 rings (SSSR count). The van der Waals surface area contributed by atoms with E-state index in [-0.39, 0.29) is 17.8 Å². The molecule has 1 aliphatic heterocycles. The number of amides is 1. The summed E-state index contributed by atoms with van der Waals surface area (Å²) in [6.45, 7) is 5.16. The maximum atomic E-state index is 14.1. The smallest absolute Gasteiger partial charge is 0.373 e. The Morgan fingerprint density at radius 2 is 1.67 bits per heavy atom. The second-order valence-corrected chi connectivity index (χ2v) is 10.9. The van der Waals surface area contributed by atoms with Gasteiger partial charge in [-0.1, -0.05) is 48.2 Å². The van der Waals surface area contributed by atoms with Gasteiger partial charge in [0.25, 0.3) is 5.91 Å². The van der Waals surface area contributed by atoms with Crippen molar-refractivity contribution < 1.29 is 18.0 Å². The molecule has 1 N–H and O–H groups in total. The Bertz CT molecular complexity index is 1720. The van der Waals surface area contributed by atoms with Crippen LogP contribution in [0.1, 0.15) is 38.2 Å². The Labute approximate surface area is 250 Å². The number of likely N-dealkylation sites (N-methyl/N-ethyl adjacent to an activating group) is 1. The molecular formula is C34H34F3N5O. The van der Waals surface area contributed by atoms with Crippen LogP contribution in [0.3, 0.4) is 0 Å². The van der Waals surface area contributed by atoms with Gasteiger partial charge in [-0.2, -0.15) is 13.2 Å². The quantitative estimate of drug-likeness (QED) is 0.290. The molecule has 0 bridgehead atoms. The third-order valence-electron chi connectivity index (χ3n) is 7.93. The van der Waals surface area contributed by atoms with Crippen LogP contribution in [0.4, 0.5) is 24.7 Å². The lowest BCUT2D eigenvalue weighted by molar-refractivity contribution is -0.138. The first kappa shape index (κ1) is 30.1. The van der Waals surface area contributed by atoms with Crippen molar-refractivity contribution in [3.63, 3.8) is 0 Å². The zero-order chi connectivity index (χ0) is 30.7. The molecule has 43 heavy (non-hydrogen) atoms. The van der Waals surface area contributed by atoms with Gasteiger partial charge < -0.3 is 15.1 Å². The molecule has 9 heteroatoms. The van der Waals surface area contributed by atoms with Crippen molar-refractivity contribution in [2.24, 2.45) is 0 Å². The number of nitrogens with zero attached hydrogens (tertiary/aromatic N) is 4. The highest BCUT2D eigenvalue weighted by atomic mass is 19.4. The van der Waals surface area contributed by atoms with Crippen molar-refractivity contribution in [1.29, 1.82) is 0 Å². The number of hydrogen-bond donors (Lipinski definition) is 1. The fourth-order valence-electron chi connectivity index (χ4n) is 5.25. The molecule has 0 unspecified atom stereocenters. The molecule has 2 heterocycles. The van der Waals surface area contributed by atoms with E-state index in [4.69, 9.17) is 0 Å². The van der Waals surface area contributed by atoms with Crippen LogP contribution in [-0.4, -0.2) is 68.0 Å². The predicted molar refractivity (Wildman–Crippen MR) is 165 cm³/mol. The van der Waals surface area contributed by atoms with E-state index in [9.17, 15) is 18.0 Å². The molecule has 6 nitrogen and oxygen atoms in total. The highest BCUT2D eigenvalue weighted by molar-refractivity contribution is 6.06. The second-order valence-electron chi connectivity index (χ2n) is 10.9. The van der Waals surface area contributed by atoms with Crippen LogP contribution in [0.5, 0.6) is 0 Å². The lowest BCUT2D eigenvalue weighted by Crippen LogP contribution is -2.44. The molecule has 3 aromatic carbocycles. The number of halogens is 3. The molecule has 1 aliphatic rings. The molecular weight excluding hydrogens is 551 g/mol. The van der Waals surface area contributed by atoms with Gasteiger partial charge in [0, 0.05) is 80.6 Å². The van der Waals surface area contributed by atoms with Crippen molar-refractivity contribution in [2.45, 2.75) is 19.6 Å². The maximum absolute atomic E-state index is 14.1. The van der Waals surface area contributed by atoms with Crippen molar-refractivity contribution in [3.05, 3.63) is 100 Å². The SMILES string of the molecule is CNc1ncc(C#Cc2cc(C(=O)N(C)c3ccc(CN4CCN(C)CC4)c(C(F)(F)F)c3)ccc2C)c2ccccc12. The van der Waals surface area contributed by atoms with Gasteiger partial charge in [0.15, 0.2) is 0 Å². The lowest BCUT2D eigenvalue weighted by atomic mass is 10.0. The topological polar surface area (TPSA) is 51.7 Å². The number of benzene rings is 3. The number of carbonyl (C=O) groups excluding carboxylic acids is 1. The van der Waals surface area contributed by atoms with Gasteiger partial charge in [-0.15, -0.1) is 0 Å². The van der Waals surface area contributed by atoms with Crippen molar-refractivity contribution in [2.75, 3.05) is 57.5 Å². The van der Waals surface area contributed by atoms with Gasteiger partial charge in [0.05, 0.1) is 11.1 Å². The third kappa shape index (κ3) is 6.66. The van der Waals surface area contributed by atoms with Crippen LogP contribution >= 0.6 is 0 Å². The fraction of sp³-hybridized carbons (Fsp3) is 0.294. The highest BCUT2D eigenvalue weighted by Gasteiger charge is 2.35. The lowest BCUT2D eigenvalue weighted by Gasteiger charge is -2.33. The molecule has 0 spiro atoms. The molecule has 0 radical (unpaired) electrons. The Hall–Kier alpha value is -4.39. The maximum Gasteiger partial charge on any atom is 0.416 e. The number of alkyl halides is 3. The molecule has 1 aromatic heterocycles. The van der Waals surface area contributed by atoms with E-state index in [2.05, 4.69) is 27.0 Å². The standard InChI is InChI=1S/C34H34F3N5O/c1-23-9-10-25(19-24(23)11-12-26-21-39-32(38-2)30-8-6-5-7-29(26)30)33(43)41(4)28-14-13-27(31(20-28)34(35,36)37)22-42-17-15-40(3)16-18-42/h5-10,13-14,19-21H,15-18,22H2,1-4H3,(H,38,39). The summed E-state index contributed by atoms with van der Waals surface area (Å²) in [5, 5.41) is 5.00. The number of carbonyl (C=O) groups is 1. The molecule has 1 saturated heterocycles. The monoisotopic (exact) mass is 585 g/mol. The van der Waals surface area contributed by atoms with E-state index in [0.717, 1.165) is 46.9 Å². The number of anilines is 2. The number of aryl methyl sites for hydroxylation is 1. The molecule has 0 saturated carbocycles. The first-order valence-electron chi connectivity index (χ1n) is 14.1. The summed E-state index contributed by atoms with van der Waals surface area (Å²) in [6.07, 6.45) is -2.83. The molecule has 1 amide bonds. The first-order valence-corrected chi connectivity index (χ1v) is 14.1. The van der Waals surface area contributed by atoms with E-state index in [1.54, 1.807) is 30.5 Å². The van der Waals surface area contributed by atoms with Crippen LogP contribution in [0.15, 0.2) is 66.9 Å². The highest BCUT2D eigenvalue weighted by Crippen LogP contribution is 2.35. The number of fused-ring (bicyclic) bond motifs is 1. The van der Waals surface area contributed by atoms with Crippen molar-refractivity contribution >= 4 is 28.2 Å². The Balaban J connectivity index is 1.41. The average Bonchev–Trinajstić information content (AvgIpc) is 3.00. The Morgan fingerprint density at radius 1 is 0.977 bits per heavy atom. The van der Waals surface area contributed by atoms with E-state index in [0.29, 0.717) is 24.2 Å². The van der Waals surface area contributed by atoms with Gasteiger partial charge in [-0.25, -0.2) is 4.98 Å². The van der Waals surface area contributed by atoms with Crippen molar-refractivity contribution in [1.82, 2.24) is 14.8 Å². The normalized spacial score (nSPS) is 14.3. The molecule has 0 aliphatic carbocycles. The number of aromatic nitrogens is 1. The predicted octanol–water partition coefficient (Wildman–Crippen LogP) is 6.03. The first-order chi connectivity index (χ1) is 20.5. The van der Waals surface area contributed by atoms with Gasteiger partial charge in [0.1, 0.15) is 5.82 Å². The van der Waals surface area contributed by atoms with Crippen LogP contribution in [0.25, 0.3) is 10.8 Å². The average molecular weight is 586 g/mol. The van der Waals surface area contributed by atoms with E-state index < -0.39 is 17.6 Å². The molecule has 1 fully saturated rings. The van der Waals surface area contributed by atoms with Gasteiger partial charge >= 0.3 is 6.18 Å². The number of hydrogen-bond acceptors (Lipinski definition) is 5. The Kier molecular flexibility index (Phi) is 8.71. The third-order valence-corrected chi connectivity index (χ3v) is 7.93. The second kappa shape index (κ2) is 12.5. The molecule has 4 aromatic rings. The zero-order valence-electron chi connectivity index (χ0n) is 24.7. The minimum atomic E-state index is -4.54. The number of piperazine rings is 1. The van der Waals surface area contributed by atoms with E-state index >= 15 is 0 Å². The molecule has 0 atom stereocenters. The number of rotatable bonds is 5. The summed E-state index contributed by atoms with van der Waals surface area (Å²) in [6, 6.07) is 17.1. The summed E-state index contributed by atoms with van der Waals surface area (Å²) >= 11 is 0.